The maximum atomic E-state index is 13.4. The van der Waals surface area contributed by atoms with E-state index in [-0.39, 0.29) is 19.1 Å². The van der Waals surface area contributed by atoms with E-state index < -0.39 is 35.2 Å². The van der Waals surface area contributed by atoms with E-state index in [4.69, 9.17) is 4.74 Å². The first-order valence-electron chi connectivity index (χ1n) is 10.8. The molecular formula is C24H39N3O5. The van der Waals surface area contributed by atoms with Crippen molar-refractivity contribution in [3.63, 3.8) is 0 Å². The summed E-state index contributed by atoms with van der Waals surface area (Å²) in [4.78, 5) is 40.2. The summed E-state index contributed by atoms with van der Waals surface area (Å²) in [5, 5.41) is 15.1. The Balaban J connectivity index is 3.35. The second-order valence-electron chi connectivity index (χ2n) is 10.2. The Morgan fingerprint density at radius 2 is 1.56 bits per heavy atom. The standard InChI is InChI=1S/C24H39N3O5/c1-15-12-16(2)14-18(13-15)19(20(29)26-23(4,5)6)27(10-11-28)21(30)17(3)25-22(31)32-24(7,8)9/h12-14,17,19,28H,10-11H2,1-9H3,(H,25,31)(H,26,29). The molecule has 0 radical (unpaired) electrons. The molecule has 2 unspecified atom stereocenters. The van der Waals surface area contributed by atoms with Crippen LogP contribution >= 0.6 is 0 Å². The van der Waals surface area contributed by atoms with Gasteiger partial charge < -0.3 is 25.4 Å². The SMILES string of the molecule is Cc1cc(C)cc(C(C(=O)NC(C)(C)C)N(CCO)C(=O)C(C)NC(=O)OC(C)(C)C)c1. The van der Waals surface area contributed by atoms with Gasteiger partial charge in [-0.15, -0.1) is 0 Å². The van der Waals surface area contributed by atoms with Gasteiger partial charge in [-0.1, -0.05) is 29.3 Å². The summed E-state index contributed by atoms with van der Waals surface area (Å²) in [5.74, 6) is -0.869. The third-order valence-electron chi connectivity index (χ3n) is 4.35. The second-order valence-corrected chi connectivity index (χ2v) is 10.2. The number of benzene rings is 1. The molecule has 0 aliphatic carbocycles. The molecule has 0 saturated carbocycles. The Kier molecular flexibility index (Phi) is 9.26. The average molecular weight is 450 g/mol. The van der Waals surface area contributed by atoms with Gasteiger partial charge in [-0.3, -0.25) is 9.59 Å². The monoisotopic (exact) mass is 449 g/mol. The first-order chi connectivity index (χ1) is 14.5. The fourth-order valence-corrected chi connectivity index (χ4v) is 3.35. The molecule has 2 atom stereocenters. The molecule has 0 fully saturated rings. The number of nitrogens with zero attached hydrogens (tertiary/aromatic N) is 1. The Morgan fingerprint density at radius 1 is 1.03 bits per heavy atom. The quantitative estimate of drug-likeness (QED) is 0.593. The summed E-state index contributed by atoms with van der Waals surface area (Å²) in [6.45, 7) is 15.7. The van der Waals surface area contributed by atoms with Crippen molar-refractivity contribution in [1.82, 2.24) is 15.5 Å². The van der Waals surface area contributed by atoms with Crippen LogP contribution in [0.25, 0.3) is 0 Å². The van der Waals surface area contributed by atoms with Crippen molar-refractivity contribution in [2.75, 3.05) is 13.2 Å². The Bertz CT molecular complexity index is 804. The number of carbonyl (C=O) groups excluding carboxylic acids is 3. The van der Waals surface area contributed by atoms with Crippen LogP contribution in [-0.4, -0.2) is 58.2 Å². The molecular weight excluding hydrogens is 410 g/mol. The van der Waals surface area contributed by atoms with Crippen LogP contribution in [-0.2, 0) is 14.3 Å². The molecule has 0 aliphatic heterocycles. The van der Waals surface area contributed by atoms with Crippen LogP contribution in [0.5, 0.6) is 0 Å². The van der Waals surface area contributed by atoms with Gasteiger partial charge in [-0.2, -0.15) is 0 Å². The van der Waals surface area contributed by atoms with Crippen molar-refractivity contribution in [3.8, 4) is 0 Å². The third kappa shape index (κ3) is 8.86. The molecule has 1 aromatic rings. The molecule has 8 heteroatoms. The summed E-state index contributed by atoms with van der Waals surface area (Å²) in [6, 6.07) is 3.74. The van der Waals surface area contributed by atoms with E-state index in [1.807, 2.05) is 52.8 Å². The van der Waals surface area contributed by atoms with Gasteiger partial charge in [0, 0.05) is 12.1 Å². The zero-order chi connectivity index (χ0) is 24.9. The zero-order valence-electron chi connectivity index (χ0n) is 20.8. The maximum absolute atomic E-state index is 13.4. The van der Waals surface area contributed by atoms with Crippen LogP contribution in [0.1, 0.15) is 71.2 Å². The lowest BCUT2D eigenvalue weighted by molar-refractivity contribution is -0.143. The molecule has 0 spiro atoms. The Labute approximate surface area is 191 Å². The van der Waals surface area contributed by atoms with E-state index in [9.17, 15) is 19.5 Å². The molecule has 3 amide bonds. The normalized spacial score (nSPS) is 13.7. The second kappa shape index (κ2) is 10.8. The van der Waals surface area contributed by atoms with Crippen LogP contribution in [0.3, 0.4) is 0 Å². The van der Waals surface area contributed by atoms with E-state index in [0.717, 1.165) is 11.1 Å². The van der Waals surface area contributed by atoms with Gasteiger partial charge in [-0.05, 0) is 67.9 Å². The van der Waals surface area contributed by atoms with Crippen LogP contribution in [0.4, 0.5) is 4.79 Å². The molecule has 3 N–H and O–H groups in total. The topological polar surface area (TPSA) is 108 Å². The molecule has 0 saturated heterocycles. The van der Waals surface area contributed by atoms with Gasteiger partial charge in [0.15, 0.2) is 0 Å². The summed E-state index contributed by atoms with van der Waals surface area (Å²) in [7, 11) is 0. The fourth-order valence-electron chi connectivity index (χ4n) is 3.35. The Hall–Kier alpha value is -2.61. The number of nitrogens with one attached hydrogen (secondary N) is 2. The number of carbonyl (C=O) groups is 3. The smallest absolute Gasteiger partial charge is 0.408 e. The maximum Gasteiger partial charge on any atom is 0.408 e. The highest BCUT2D eigenvalue weighted by Gasteiger charge is 2.35. The lowest BCUT2D eigenvalue weighted by atomic mass is 9.97. The van der Waals surface area contributed by atoms with Gasteiger partial charge in [0.1, 0.15) is 17.7 Å². The molecule has 8 nitrogen and oxygen atoms in total. The van der Waals surface area contributed by atoms with Crippen molar-refractivity contribution in [2.45, 2.75) is 85.5 Å². The largest absolute Gasteiger partial charge is 0.444 e. The third-order valence-corrected chi connectivity index (χ3v) is 4.35. The molecule has 0 aromatic heterocycles. The molecule has 0 heterocycles. The summed E-state index contributed by atoms with van der Waals surface area (Å²) in [6.07, 6.45) is -0.732. The predicted octanol–water partition coefficient (Wildman–Crippen LogP) is 2.99. The number of alkyl carbamates (subject to hydrolysis) is 1. The molecule has 32 heavy (non-hydrogen) atoms. The van der Waals surface area contributed by atoms with Crippen molar-refractivity contribution < 1.29 is 24.2 Å². The van der Waals surface area contributed by atoms with Crippen molar-refractivity contribution in [2.24, 2.45) is 0 Å². The minimum Gasteiger partial charge on any atom is -0.444 e. The molecule has 0 aliphatic rings. The number of amides is 3. The first-order valence-corrected chi connectivity index (χ1v) is 10.8. The molecule has 180 valence electrons. The van der Waals surface area contributed by atoms with Crippen LogP contribution < -0.4 is 10.6 Å². The van der Waals surface area contributed by atoms with Gasteiger partial charge in [0.05, 0.1) is 6.61 Å². The van der Waals surface area contributed by atoms with Gasteiger partial charge >= 0.3 is 6.09 Å². The number of hydrogen-bond acceptors (Lipinski definition) is 5. The van der Waals surface area contributed by atoms with E-state index in [0.29, 0.717) is 5.56 Å². The van der Waals surface area contributed by atoms with Crippen LogP contribution in [0, 0.1) is 13.8 Å². The van der Waals surface area contributed by atoms with E-state index in [1.165, 1.54) is 11.8 Å². The molecule has 1 aromatic carbocycles. The Morgan fingerprint density at radius 3 is 2.00 bits per heavy atom. The lowest BCUT2D eigenvalue weighted by Gasteiger charge is -2.35. The van der Waals surface area contributed by atoms with Gasteiger partial charge in [0.25, 0.3) is 0 Å². The average Bonchev–Trinajstić information content (AvgIpc) is 2.56. The number of aliphatic hydroxyl groups is 1. The van der Waals surface area contributed by atoms with E-state index in [2.05, 4.69) is 10.6 Å². The number of rotatable bonds is 7. The summed E-state index contributed by atoms with van der Waals surface area (Å²) in [5.41, 5.74) is 1.29. The lowest BCUT2D eigenvalue weighted by Crippen LogP contribution is -2.54. The number of aryl methyl sites for hydroxylation is 2. The van der Waals surface area contributed by atoms with Crippen molar-refractivity contribution in [1.29, 1.82) is 0 Å². The van der Waals surface area contributed by atoms with E-state index in [1.54, 1.807) is 20.8 Å². The van der Waals surface area contributed by atoms with Crippen LogP contribution in [0.2, 0.25) is 0 Å². The highest BCUT2D eigenvalue weighted by molar-refractivity contribution is 5.92. The number of ether oxygens (including phenoxy) is 1. The molecule has 0 bridgehead atoms. The molecule has 1 rings (SSSR count). The highest BCUT2D eigenvalue weighted by atomic mass is 16.6. The summed E-state index contributed by atoms with van der Waals surface area (Å²) >= 11 is 0. The minimum atomic E-state index is -0.977. The fraction of sp³-hybridized carbons (Fsp3) is 0.625. The van der Waals surface area contributed by atoms with E-state index >= 15 is 0 Å². The number of aliphatic hydroxyl groups excluding tert-OH is 1. The van der Waals surface area contributed by atoms with Crippen molar-refractivity contribution >= 4 is 17.9 Å². The van der Waals surface area contributed by atoms with Gasteiger partial charge in [-0.25, -0.2) is 4.79 Å². The van der Waals surface area contributed by atoms with Gasteiger partial charge in [0.2, 0.25) is 11.8 Å². The number of hydrogen-bond donors (Lipinski definition) is 3. The minimum absolute atomic E-state index is 0.0750. The highest BCUT2D eigenvalue weighted by Crippen LogP contribution is 2.25. The van der Waals surface area contributed by atoms with Crippen molar-refractivity contribution in [3.05, 3.63) is 34.9 Å². The zero-order valence-corrected chi connectivity index (χ0v) is 20.8. The first kappa shape index (κ1) is 27.4. The summed E-state index contributed by atoms with van der Waals surface area (Å²) < 4.78 is 5.24. The van der Waals surface area contributed by atoms with Crippen LogP contribution in [0.15, 0.2) is 18.2 Å². The predicted molar refractivity (Wildman–Crippen MR) is 124 cm³/mol.